The summed E-state index contributed by atoms with van der Waals surface area (Å²) in [6, 6.07) is 0.330. The molecule has 1 saturated heterocycles. The van der Waals surface area contributed by atoms with E-state index in [2.05, 4.69) is 18.5 Å². The van der Waals surface area contributed by atoms with Crippen LogP contribution in [0.4, 0.5) is 4.39 Å². The molecule has 1 heterocycles. The lowest BCUT2D eigenvalue weighted by Gasteiger charge is -2.15. The van der Waals surface area contributed by atoms with Crippen LogP contribution < -0.4 is 5.32 Å². The zero-order chi connectivity index (χ0) is 12.0. The van der Waals surface area contributed by atoms with Gasteiger partial charge in [-0.25, -0.2) is 4.39 Å². The predicted octanol–water partition coefficient (Wildman–Crippen LogP) is 2.48. The second kappa shape index (κ2) is 6.61. The molecule has 0 radical (unpaired) electrons. The van der Waals surface area contributed by atoms with Crippen molar-refractivity contribution in [3.63, 3.8) is 0 Å². The van der Waals surface area contributed by atoms with Crippen LogP contribution in [-0.2, 0) is 0 Å². The number of hydrogen-bond donors (Lipinski definition) is 2. The number of allylic oxidation sites excluding steroid dienone is 2. The lowest BCUT2D eigenvalue weighted by atomic mass is 9.97. The van der Waals surface area contributed by atoms with Crippen LogP contribution in [0.1, 0.15) is 25.7 Å². The Hall–Kier alpha value is -0.930. The molecule has 0 aromatic rings. The van der Waals surface area contributed by atoms with E-state index in [0.717, 1.165) is 25.0 Å². The van der Waals surface area contributed by atoms with E-state index in [4.69, 9.17) is 5.11 Å². The van der Waals surface area contributed by atoms with Crippen LogP contribution in [0.3, 0.4) is 0 Å². The largest absolute Gasteiger partial charge is 0.396 e. The Balaban J connectivity index is 2.78. The summed E-state index contributed by atoms with van der Waals surface area (Å²) >= 11 is 0. The van der Waals surface area contributed by atoms with Crippen molar-refractivity contribution in [3.8, 4) is 0 Å². The molecular weight excluding hydrogens is 205 g/mol. The SMILES string of the molecule is C=C/C(CCO)=C(/CC1CCCN1)C(=C)F. The lowest BCUT2D eigenvalue weighted by molar-refractivity contribution is 0.299. The first-order valence-electron chi connectivity index (χ1n) is 5.72. The van der Waals surface area contributed by atoms with E-state index in [-0.39, 0.29) is 6.61 Å². The Kier molecular flexibility index (Phi) is 5.43. The molecule has 1 unspecified atom stereocenters. The molecule has 0 aromatic heterocycles. The Morgan fingerprint density at radius 3 is 2.75 bits per heavy atom. The van der Waals surface area contributed by atoms with Gasteiger partial charge in [-0.05, 0) is 43.4 Å². The normalized spacial score (nSPS) is 21.8. The number of aliphatic hydroxyl groups excluding tert-OH is 1. The molecule has 1 aliphatic rings. The minimum absolute atomic E-state index is 0.0101. The lowest BCUT2D eigenvalue weighted by Crippen LogP contribution is -2.22. The maximum Gasteiger partial charge on any atom is 0.119 e. The van der Waals surface area contributed by atoms with Gasteiger partial charge >= 0.3 is 0 Å². The van der Waals surface area contributed by atoms with E-state index in [0.29, 0.717) is 24.5 Å². The highest BCUT2D eigenvalue weighted by molar-refractivity contribution is 5.35. The summed E-state index contributed by atoms with van der Waals surface area (Å²) in [5.41, 5.74) is 1.37. The Morgan fingerprint density at radius 1 is 1.56 bits per heavy atom. The third kappa shape index (κ3) is 3.58. The highest BCUT2D eigenvalue weighted by atomic mass is 19.1. The molecule has 3 heteroatoms. The Bertz CT molecular complexity index is 290. The summed E-state index contributed by atoms with van der Waals surface area (Å²) in [7, 11) is 0. The standard InChI is InChI=1S/C13H20FNO/c1-3-11(6-8-16)13(10(2)14)9-12-5-4-7-15-12/h3,12,15-16H,1-2,4-9H2/b13-11+. The number of nitrogens with one attached hydrogen (secondary N) is 1. The average molecular weight is 225 g/mol. The highest BCUT2D eigenvalue weighted by Crippen LogP contribution is 2.25. The highest BCUT2D eigenvalue weighted by Gasteiger charge is 2.18. The van der Waals surface area contributed by atoms with Crippen LogP contribution in [0.2, 0.25) is 0 Å². The first-order valence-corrected chi connectivity index (χ1v) is 5.72. The first kappa shape index (κ1) is 13.1. The molecule has 0 aromatic carbocycles. The van der Waals surface area contributed by atoms with Crippen LogP contribution in [0.15, 0.2) is 36.2 Å². The van der Waals surface area contributed by atoms with Gasteiger partial charge in [-0.3, -0.25) is 0 Å². The van der Waals surface area contributed by atoms with Gasteiger partial charge in [0.1, 0.15) is 5.83 Å². The molecule has 1 atom stereocenters. The van der Waals surface area contributed by atoms with Gasteiger partial charge in [-0.1, -0.05) is 19.2 Å². The first-order chi connectivity index (χ1) is 7.69. The van der Waals surface area contributed by atoms with Crippen LogP contribution in [0.25, 0.3) is 0 Å². The number of aliphatic hydroxyl groups is 1. The number of rotatable bonds is 6. The summed E-state index contributed by atoms with van der Waals surface area (Å²) in [6.07, 6.45) is 4.90. The van der Waals surface area contributed by atoms with Crippen LogP contribution in [0, 0.1) is 0 Å². The monoisotopic (exact) mass is 225 g/mol. The van der Waals surface area contributed by atoms with Gasteiger partial charge in [0.25, 0.3) is 0 Å². The van der Waals surface area contributed by atoms with E-state index >= 15 is 0 Å². The van der Waals surface area contributed by atoms with Crippen molar-refractivity contribution in [1.29, 1.82) is 0 Å². The summed E-state index contributed by atoms with van der Waals surface area (Å²) in [4.78, 5) is 0. The van der Waals surface area contributed by atoms with Crippen molar-refractivity contribution in [2.45, 2.75) is 31.7 Å². The van der Waals surface area contributed by atoms with Crippen molar-refractivity contribution in [2.75, 3.05) is 13.2 Å². The Morgan fingerprint density at radius 2 is 2.31 bits per heavy atom. The molecule has 0 bridgehead atoms. The maximum absolute atomic E-state index is 13.4. The van der Waals surface area contributed by atoms with Gasteiger partial charge in [-0.2, -0.15) is 0 Å². The molecule has 2 nitrogen and oxygen atoms in total. The van der Waals surface area contributed by atoms with Crippen molar-refractivity contribution >= 4 is 0 Å². The van der Waals surface area contributed by atoms with Gasteiger partial charge in [0.15, 0.2) is 0 Å². The van der Waals surface area contributed by atoms with Gasteiger partial charge in [-0.15, -0.1) is 0 Å². The smallest absolute Gasteiger partial charge is 0.119 e. The third-order valence-electron chi connectivity index (χ3n) is 2.96. The molecule has 1 fully saturated rings. The van der Waals surface area contributed by atoms with Crippen LogP contribution in [0.5, 0.6) is 0 Å². The molecule has 1 aliphatic heterocycles. The molecule has 1 rings (SSSR count). The van der Waals surface area contributed by atoms with Gasteiger partial charge < -0.3 is 10.4 Å². The summed E-state index contributed by atoms with van der Waals surface area (Å²) in [5, 5.41) is 12.2. The van der Waals surface area contributed by atoms with Crippen molar-refractivity contribution in [3.05, 3.63) is 36.2 Å². The minimum atomic E-state index is -0.406. The second-order valence-electron chi connectivity index (χ2n) is 4.08. The maximum atomic E-state index is 13.4. The topological polar surface area (TPSA) is 32.3 Å². The molecule has 16 heavy (non-hydrogen) atoms. The third-order valence-corrected chi connectivity index (χ3v) is 2.96. The molecule has 0 spiro atoms. The summed E-state index contributed by atoms with van der Waals surface area (Å²) in [5.74, 6) is -0.406. The van der Waals surface area contributed by atoms with Crippen molar-refractivity contribution in [1.82, 2.24) is 5.32 Å². The predicted molar refractivity (Wildman–Crippen MR) is 64.8 cm³/mol. The van der Waals surface area contributed by atoms with Gasteiger partial charge in [0.2, 0.25) is 0 Å². The van der Waals surface area contributed by atoms with E-state index in [1.807, 2.05) is 0 Å². The van der Waals surface area contributed by atoms with Gasteiger partial charge in [0, 0.05) is 12.6 Å². The zero-order valence-electron chi connectivity index (χ0n) is 9.64. The van der Waals surface area contributed by atoms with E-state index in [1.165, 1.54) is 0 Å². The summed E-state index contributed by atoms with van der Waals surface area (Å²) in [6.45, 7) is 8.04. The van der Waals surface area contributed by atoms with Crippen molar-refractivity contribution in [2.24, 2.45) is 0 Å². The molecule has 2 N–H and O–H groups in total. The fourth-order valence-electron chi connectivity index (χ4n) is 2.09. The number of halogens is 1. The fraction of sp³-hybridized carbons (Fsp3) is 0.538. The van der Waals surface area contributed by atoms with Crippen LogP contribution >= 0.6 is 0 Å². The van der Waals surface area contributed by atoms with E-state index < -0.39 is 5.83 Å². The minimum Gasteiger partial charge on any atom is -0.396 e. The van der Waals surface area contributed by atoms with E-state index in [9.17, 15) is 4.39 Å². The quantitative estimate of drug-likeness (QED) is 0.681. The zero-order valence-corrected chi connectivity index (χ0v) is 9.64. The molecule has 0 saturated carbocycles. The van der Waals surface area contributed by atoms with Crippen molar-refractivity contribution < 1.29 is 9.50 Å². The number of hydrogen-bond acceptors (Lipinski definition) is 2. The van der Waals surface area contributed by atoms with E-state index in [1.54, 1.807) is 6.08 Å². The Labute approximate surface area is 96.6 Å². The average Bonchev–Trinajstić information content (AvgIpc) is 2.75. The molecule has 0 amide bonds. The molecule has 0 aliphatic carbocycles. The van der Waals surface area contributed by atoms with Crippen LogP contribution in [-0.4, -0.2) is 24.3 Å². The van der Waals surface area contributed by atoms with Gasteiger partial charge in [0.05, 0.1) is 0 Å². The fourth-order valence-corrected chi connectivity index (χ4v) is 2.09. The second-order valence-corrected chi connectivity index (χ2v) is 4.08. The molecule has 90 valence electrons. The summed E-state index contributed by atoms with van der Waals surface area (Å²) < 4.78 is 13.4. The molecular formula is C13H20FNO.